The van der Waals surface area contributed by atoms with Crippen molar-refractivity contribution in [2.75, 3.05) is 18.4 Å². The average molecular weight is 340 g/mol. The summed E-state index contributed by atoms with van der Waals surface area (Å²) in [5.74, 6) is -0.523. The zero-order chi connectivity index (χ0) is 17.8. The highest BCUT2D eigenvalue weighted by Gasteiger charge is 2.34. The van der Waals surface area contributed by atoms with Crippen LogP contribution >= 0.6 is 0 Å². The van der Waals surface area contributed by atoms with Crippen molar-refractivity contribution < 1.29 is 9.59 Å². The van der Waals surface area contributed by atoms with E-state index in [0.717, 1.165) is 12.0 Å². The van der Waals surface area contributed by atoms with Crippen molar-refractivity contribution in [3.05, 3.63) is 58.1 Å². The number of hydrogen-bond acceptors (Lipinski definition) is 4. The van der Waals surface area contributed by atoms with Crippen LogP contribution in [0.1, 0.15) is 17.7 Å². The molecule has 0 spiro atoms. The Labute approximate surface area is 145 Å². The first-order chi connectivity index (χ1) is 12.0. The van der Waals surface area contributed by atoms with Crippen LogP contribution < -0.4 is 11.0 Å². The van der Waals surface area contributed by atoms with E-state index < -0.39 is 11.6 Å². The van der Waals surface area contributed by atoms with Crippen LogP contribution in [0.2, 0.25) is 0 Å². The lowest BCUT2D eigenvalue weighted by molar-refractivity contribution is -0.128. The highest BCUT2D eigenvalue weighted by molar-refractivity contribution is 5.96. The minimum absolute atomic E-state index is 0.0221. The summed E-state index contributed by atoms with van der Waals surface area (Å²) in [5.41, 5.74) is 1.26. The number of aryl methyl sites for hydroxylation is 1. The summed E-state index contributed by atoms with van der Waals surface area (Å²) in [4.78, 5) is 43.8. The molecule has 1 aromatic heterocycles. The monoisotopic (exact) mass is 340 g/mol. The first-order valence-corrected chi connectivity index (χ1v) is 8.22. The third kappa shape index (κ3) is 4.32. The second-order valence-corrected chi connectivity index (χ2v) is 6.22. The van der Waals surface area contributed by atoms with E-state index in [1.807, 2.05) is 30.3 Å². The molecule has 1 atom stereocenters. The smallest absolute Gasteiger partial charge is 0.342 e. The van der Waals surface area contributed by atoms with Gasteiger partial charge in [-0.2, -0.15) is 4.98 Å². The fourth-order valence-electron chi connectivity index (χ4n) is 2.94. The maximum atomic E-state index is 12.4. The van der Waals surface area contributed by atoms with Crippen molar-refractivity contribution in [1.29, 1.82) is 0 Å². The second kappa shape index (κ2) is 7.29. The quantitative estimate of drug-likeness (QED) is 0.852. The van der Waals surface area contributed by atoms with Gasteiger partial charge < -0.3 is 15.2 Å². The molecule has 2 amide bonds. The standard InChI is InChI=1S/C18H20N4O3/c1-12-9-15(21-18(25)19-12)20-17(24)14-10-16(23)22(11-14)8-7-13-5-3-2-4-6-13/h2-6,9,14H,7-8,10-11H2,1H3,(H2,19,20,21,24,25). The van der Waals surface area contributed by atoms with E-state index in [9.17, 15) is 14.4 Å². The first kappa shape index (κ1) is 16.9. The number of carbonyl (C=O) groups is 2. The molecule has 1 fully saturated rings. The molecule has 130 valence electrons. The highest BCUT2D eigenvalue weighted by Crippen LogP contribution is 2.20. The predicted octanol–water partition coefficient (Wildman–Crippen LogP) is 1.11. The molecule has 7 heteroatoms. The number of rotatable bonds is 5. The normalized spacial score (nSPS) is 16.9. The lowest BCUT2D eigenvalue weighted by Crippen LogP contribution is -2.30. The van der Waals surface area contributed by atoms with E-state index in [1.54, 1.807) is 17.9 Å². The lowest BCUT2D eigenvalue weighted by atomic mass is 10.1. The maximum Gasteiger partial charge on any atom is 0.347 e. The van der Waals surface area contributed by atoms with Gasteiger partial charge in [0.15, 0.2) is 0 Å². The van der Waals surface area contributed by atoms with Gasteiger partial charge >= 0.3 is 5.69 Å². The Morgan fingerprint density at radius 1 is 1.32 bits per heavy atom. The maximum absolute atomic E-state index is 12.4. The molecule has 1 unspecified atom stereocenters. The number of nitrogens with one attached hydrogen (secondary N) is 2. The average Bonchev–Trinajstić information content (AvgIpc) is 2.94. The SMILES string of the molecule is Cc1cc(NC(=O)C2CC(=O)N(CCc3ccccc3)C2)nc(=O)[nH]1. The molecular formula is C18H20N4O3. The first-order valence-electron chi connectivity index (χ1n) is 8.22. The molecule has 2 N–H and O–H groups in total. The van der Waals surface area contributed by atoms with Crippen LogP contribution in [0.5, 0.6) is 0 Å². The van der Waals surface area contributed by atoms with E-state index >= 15 is 0 Å². The molecule has 1 aromatic carbocycles. The number of nitrogens with zero attached hydrogens (tertiary/aromatic N) is 2. The van der Waals surface area contributed by atoms with Crippen LogP contribution in [0.15, 0.2) is 41.2 Å². The number of hydrogen-bond donors (Lipinski definition) is 2. The van der Waals surface area contributed by atoms with Crippen LogP contribution in [0.25, 0.3) is 0 Å². The molecule has 0 aliphatic carbocycles. The van der Waals surface area contributed by atoms with E-state index in [-0.39, 0.29) is 24.1 Å². The Morgan fingerprint density at radius 3 is 2.80 bits per heavy atom. The summed E-state index contributed by atoms with van der Waals surface area (Å²) in [6, 6.07) is 11.5. The Morgan fingerprint density at radius 2 is 2.08 bits per heavy atom. The molecule has 0 radical (unpaired) electrons. The molecular weight excluding hydrogens is 320 g/mol. The summed E-state index contributed by atoms with van der Waals surface area (Å²) in [7, 11) is 0. The van der Waals surface area contributed by atoms with Crippen molar-refractivity contribution in [1.82, 2.24) is 14.9 Å². The van der Waals surface area contributed by atoms with E-state index in [0.29, 0.717) is 18.8 Å². The van der Waals surface area contributed by atoms with Gasteiger partial charge in [-0.1, -0.05) is 30.3 Å². The second-order valence-electron chi connectivity index (χ2n) is 6.22. The molecule has 1 aliphatic rings. The van der Waals surface area contributed by atoms with E-state index in [2.05, 4.69) is 15.3 Å². The van der Waals surface area contributed by atoms with Gasteiger partial charge in [-0.15, -0.1) is 0 Å². The van der Waals surface area contributed by atoms with Crippen molar-refractivity contribution >= 4 is 17.6 Å². The third-order valence-electron chi connectivity index (χ3n) is 4.23. The Hall–Kier alpha value is -2.96. The minimum Gasteiger partial charge on any atom is -0.342 e. The number of H-pyrrole nitrogens is 1. The molecule has 1 aliphatic heterocycles. The highest BCUT2D eigenvalue weighted by atomic mass is 16.2. The fraction of sp³-hybridized carbons (Fsp3) is 0.333. The molecule has 7 nitrogen and oxygen atoms in total. The van der Waals surface area contributed by atoms with Gasteiger partial charge in [0.05, 0.1) is 5.92 Å². The van der Waals surface area contributed by atoms with Gasteiger partial charge in [0.25, 0.3) is 0 Å². The largest absolute Gasteiger partial charge is 0.347 e. The number of amides is 2. The summed E-state index contributed by atoms with van der Waals surface area (Å²) in [6.45, 7) is 2.69. The molecule has 0 bridgehead atoms. The number of likely N-dealkylation sites (tertiary alicyclic amines) is 1. The van der Waals surface area contributed by atoms with Gasteiger partial charge in [0, 0.05) is 31.3 Å². The number of benzene rings is 1. The number of aromatic nitrogens is 2. The van der Waals surface area contributed by atoms with Crippen LogP contribution in [0.3, 0.4) is 0 Å². The van der Waals surface area contributed by atoms with Crippen molar-refractivity contribution in [2.24, 2.45) is 5.92 Å². The van der Waals surface area contributed by atoms with Crippen molar-refractivity contribution in [3.8, 4) is 0 Å². The summed E-state index contributed by atoms with van der Waals surface area (Å²) >= 11 is 0. The van der Waals surface area contributed by atoms with E-state index in [4.69, 9.17) is 0 Å². The summed E-state index contributed by atoms with van der Waals surface area (Å²) in [5, 5.41) is 2.63. The van der Waals surface area contributed by atoms with Crippen molar-refractivity contribution in [3.63, 3.8) is 0 Å². The zero-order valence-corrected chi connectivity index (χ0v) is 14.0. The molecule has 25 heavy (non-hydrogen) atoms. The van der Waals surface area contributed by atoms with Gasteiger partial charge in [-0.05, 0) is 18.9 Å². The van der Waals surface area contributed by atoms with Crippen LogP contribution in [-0.2, 0) is 16.0 Å². The van der Waals surface area contributed by atoms with Crippen LogP contribution in [-0.4, -0.2) is 39.8 Å². The van der Waals surface area contributed by atoms with Gasteiger partial charge in [0.1, 0.15) is 5.82 Å². The fourth-order valence-corrected chi connectivity index (χ4v) is 2.94. The van der Waals surface area contributed by atoms with E-state index in [1.165, 1.54) is 0 Å². The molecule has 1 saturated heterocycles. The van der Waals surface area contributed by atoms with Gasteiger partial charge in [0.2, 0.25) is 11.8 Å². The third-order valence-corrected chi connectivity index (χ3v) is 4.23. The Kier molecular flexibility index (Phi) is 4.92. The number of aromatic amines is 1. The molecule has 3 rings (SSSR count). The topological polar surface area (TPSA) is 95.2 Å². The summed E-state index contributed by atoms with van der Waals surface area (Å²) in [6.07, 6.45) is 0.943. The lowest BCUT2D eigenvalue weighted by Gasteiger charge is -2.16. The minimum atomic E-state index is -0.512. The molecule has 2 heterocycles. The van der Waals surface area contributed by atoms with Crippen LogP contribution in [0, 0.1) is 12.8 Å². The van der Waals surface area contributed by atoms with Crippen molar-refractivity contribution in [2.45, 2.75) is 19.8 Å². The predicted molar refractivity (Wildman–Crippen MR) is 93.1 cm³/mol. The number of anilines is 1. The Bertz CT molecular complexity index is 832. The Balaban J connectivity index is 1.57. The molecule has 2 aromatic rings. The summed E-state index contributed by atoms with van der Waals surface area (Å²) < 4.78 is 0. The van der Waals surface area contributed by atoms with Gasteiger partial charge in [-0.25, -0.2) is 4.79 Å². The number of carbonyl (C=O) groups excluding carboxylic acids is 2. The zero-order valence-electron chi connectivity index (χ0n) is 14.0. The molecule has 0 saturated carbocycles. The van der Waals surface area contributed by atoms with Gasteiger partial charge in [-0.3, -0.25) is 9.59 Å². The van der Waals surface area contributed by atoms with Crippen LogP contribution in [0.4, 0.5) is 5.82 Å².